The van der Waals surface area contributed by atoms with E-state index in [1.54, 1.807) is 0 Å². The first kappa shape index (κ1) is 105. The number of phosphoric acid groups is 2. The number of allylic oxidation sites excluding steroid dienone is 4. The van der Waals surface area contributed by atoms with E-state index in [-0.39, 0.29) is 25.7 Å². The van der Waals surface area contributed by atoms with E-state index >= 15 is 0 Å². The Hall–Kier alpha value is -2.46. The second kappa shape index (κ2) is 77.5. The summed E-state index contributed by atoms with van der Waals surface area (Å²) in [5.41, 5.74) is 0. The average molecular weight is 1560 g/mol. The number of unbranched alkanes of at least 4 members (excludes halogenated alkanes) is 48. The van der Waals surface area contributed by atoms with Gasteiger partial charge in [-0.1, -0.05) is 387 Å². The Balaban J connectivity index is 5.18. The smallest absolute Gasteiger partial charge is 0.462 e. The third-order valence-corrected chi connectivity index (χ3v) is 22.3. The maximum Gasteiger partial charge on any atom is 0.472 e. The van der Waals surface area contributed by atoms with Gasteiger partial charge in [0.2, 0.25) is 0 Å². The van der Waals surface area contributed by atoms with Gasteiger partial charge in [-0.05, 0) is 69.1 Å². The standard InChI is InChI=1S/C88H168O17P2/c1-8-10-11-12-13-14-15-16-25-33-38-43-48-57-64-71-87(92)104-83(75-98-85(90)69-62-55-47-42-37-32-28-23-19-17-21-26-30-35-40-45-52-59-66-79(3)4)77-102-106(94,95)100-73-82(89)74-101-107(96,97)103-78-84(76-99-86(91)70-63-56-51-50-53-60-67-80(5)6)105-88(93)72-65-58-49-44-39-34-29-24-20-18-22-27-31-36-41-46-54-61-68-81(7)9-2/h14-16,25,79-84,89H,8-13,17-24,26-78H2,1-7H3,(H,94,95)(H,96,97)/b15-14-,25-16-/t81?,82-,83-,84-/m1/s1. The molecule has 0 aliphatic carbocycles. The lowest BCUT2D eigenvalue weighted by atomic mass is 9.99. The van der Waals surface area contributed by atoms with Gasteiger partial charge in [-0.15, -0.1) is 0 Å². The van der Waals surface area contributed by atoms with Crippen molar-refractivity contribution in [2.24, 2.45) is 17.8 Å². The normalized spacial score (nSPS) is 14.2. The van der Waals surface area contributed by atoms with Crippen molar-refractivity contribution in [1.29, 1.82) is 0 Å². The highest BCUT2D eigenvalue weighted by Crippen LogP contribution is 2.45. The lowest BCUT2D eigenvalue weighted by molar-refractivity contribution is -0.161. The molecular formula is C88H168O17P2. The predicted octanol–water partition coefficient (Wildman–Crippen LogP) is 26.4. The molecule has 0 spiro atoms. The van der Waals surface area contributed by atoms with E-state index in [1.165, 1.54) is 231 Å². The van der Waals surface area contributed by atoms with Crippen LogP contribution in [0.2, 0.25) is 0 Å². The minimum absolute atomic E-state index is 0.0854. The summed E-state index contributed by atoms with van der Waals surface area (Å²) in [4.78, 5) is 73.2. The Labute approximate surface area is 656 Å². The van der Waals surface area contributed by atoms with Crippen molar-refractivity contribution in [3.63, 3.8) is 0 Å². The molecule has 0 rings (SSSR count). The van der Waals surface area contributed by atoms with Crippen LogP contribution in [-0.2, 0) is 65.4 Å². The first-order valence-corrected chi connectivity index (χ1v) is 47.7. The van der Waals surface area contributed by atoms with E-state index in [1.807, 2.05) is 0 Å². The summed E-state index contributed by atoms with van der Waals surface area (Å²) in [6.07, 6.45) is 71.9. The van der Waals surface area contributed by atoms with Gasteiger partial charge in [-0.25, -0.2) is 9.13 Å². The first-order chi connectivity index (χ1) is 51.8. The van der Waals surface area contributed by atoms with Gasteiger partial charge in [-0.2, -0.15) is 0 Å². The van der Waals surface area contributed by atoms with Crippen LogP contribution >= 0.6 is 15.6 Å². The Morgan fingerprint density at radius 1 is 0.308 bits per heavy atom. The SMILES string of the molecule is CCCCCC/C=C\C=C/CCCCCCCC(=O)O[C@H](COC(=O)CCCCCCCCCCCCCCCCCCCCC(C)C)COP(=O)(O)OC[C@@H](O)COP(=O)(O)OC[C@@H](COC(=O)CCCCCCCCC(C)C)OC(=O)CCCCCCCCCCCCCCCCCCCCC(C)CC. The number of rotatable bonds is 84. The Morgan fingerprint density at radius 2 is 0.551 bits per heavy atom. The van der Waals surface area contributed by atoms with E-state index in [0.717, 1.165) is 121 Å². The molecule has 0 saturated carbocycles. The molecule has 0 radical (unpaired) electrons. The van der Waals surface area contributed by atoms with Crippen LogP contribution in [0.15, 0.2) is 24.3 Å². The number of aliphatic hydroxyl groups excluding tert-OH is 1. The zero-order valence-electron chi connectivity index (χ0n) is 70.1. The van der Waals surface area contributed by atoms with E-state index in [2.05, 4.69) is 72.8 Å². The molecular weight excluding hydrogens is 1390 g/mol. The predicted molar refractivity (Wildman–Crippen MR) is 441 cm³/mol. The molecule has 0 fully saturated rings. The fraction of sp³-hybridized carbons (Fsp3) is 0.909. The molecule has 107 heavy (non-hydrogen) atoms. The van der Waals surface area contributed by atoms with Crippen LogP contribution in [0.5, 0.6) is 0 Å². The molecule has 0 aliphatic rings. The van der Waals surface area contributed by atoms with Crippen LogP contribution in [0.3, 0.4) is 0 Å². The Morgan fingerprint density at radius 3 is 0.832 bits per heavy atom. The monoisotopic (exact) mass is 1560 g/mol. The summed E-state index contributed by atoms with van der Waals surface area (Å²) >= 11 is 0. The number of ether oxygens (including phenoxy) is 4. The molecule has 0 aromatic heterocycles. The number of aliphatic hydroxyl groups is 1. The van der Waals surface area contributed by atoms with Crippen LogP contribution in [-0.4, -0.2) is 96.7 Å². The third kappa shape index (κ3) is 80.0. The summed E-state index contributed by atoms with van der Waals surface area (Å²) in [5, 5.41) is 10.7. The van der Waals surface area contributed by atoms with Crippen LogP contribution in [0.4, 0.5) is 0 Å². The summed E-state index contributed by atoms with van der Waals surface area (Å²) in [6, 6.07) is 0. The maximum atomic E-state index is 13.1. The van der Waals surface area contributed by atoms with Crippen molar-refractivity contribution in [1.82, 2.24) is 0 Å². The molecule has 3 unspecified atom stereocenters. The lowest BCUT2D eigenvalue weighted by Gasteiger charge is -2.21. The highest BCUT2D eigenvalue weighted by molar-refractivity contribution is 7.47. The van der Waals surface area contributed by atoms with Gasteiger partial charge in [0.25, 0.3) is 0 Å². The number of phosphoric ester groups is 2. The largest absolute Gasteiger partial charge is 0.472 e. The molecule has 0 aromatic carbocycles. The number of carbonyl (C=O) groups excluding carboxylic acids is 4. The van der Waals surface area contributed by atoms with E-state index in [4.69, 9.17) is 37.0 Å². The van der Waals surface area contributed by atoms with Crippen molar-refractivity contribution in [2.45, 2.75) is 458 Å². The Kier molecular flexibility index (Phi) is 75.7. The summed E-state index contributed by atoms with van der Waals surface area (Å²) in [7, 11) is -9.94. The van der Waals surface area contributed by atoms with E-state index in [0.29, 0.717) is 31.6 Å². The summed E-state index contributed by atoms with van der Waals surface area (Å²) in [6.45, 7) is 11.9. The summed E-state index contributed by atoms with van der Waals surface area (Å²) < 4.78 is 68.8. The zero-order chi connectivity index (χ0) is 78.6. The van der Waals surface area contributed by atoms with Crippen molar-refractivity contribution >= 4 is 39.5 Å². The molecule has 19 heteroatoms. The van der Waals surface area contributed by atoms with Crippen molar-refractivity contribution < 1.29 is 80.2 Å². The molecule has 6 atom stereocenters. The van der Waals surface area contributed by atoms with Crippen LogP contribution < -0.4 is 0 Å². The lowest BCUT2D eigenvalue weighted by Crippen LogP contribution is -2.30. The maximum absolute atomic E-state index is 13.1. The highest BCUT2D eigenvalue weighted by Gasteiger charge is 2.30. The second-order valence-corrected chi connectivity index (χ2v) is 35.0. The van der Waals surface area contributed by atoms with Gasteiger partial charge < -0.3 is 33.8 Å². The number of hydrogen-bond acceptors (Lipinski definition) is 15. The van der Waals surface area contributed by atoms with Gasteiger partial charge in [0, 0.05) is 25.7 Å². The molecule has 0 aromatic rings. The van der Waals surface area contributed by atoms with Gasteiger partial charge >= 0.3 is 39.5 Å². The van der Waals surface area contributed by atoms with Gasteiger partial charge in [0.05, 0.1) is 26.4 Å². The molecule has 3 N–H and O–H groups in total. The quantitative estimate of drug-likeness (QED) is 0.0169. The minimum atomic E-state index is -4.97. The number of esters is 4. The van der Waals surface area contributed by atoms with Gasteiger partial charge in [-0.3, -0.25) is 37.3 Å². The molecule has 17 nitrogen and oxygen atoms in total. The molecule has 0 saturated heterocycles. The van der Waals surface area contributed by atoms with Gasteiger partial charge in [0.15, 0.2) is 12.2 Å². The van der Waals surface area contributed by atoms with Gasteiger partial charge in [0.1, 0.15) is 19.3 Å². The van der Waals surface area contributed by atoms with Crippen molar-refractivity contribution in [3.8, 4) is 0 Å². The van der Waals surface area contributed by atoms with Crippen molar-refractivity contribution in [2.75, 3.05) is 39.6 Å². The molecule has 632 valence electrons. The first-order valence-electron chi connectivity index (χ1n) is 44.7. The summed E-state index contributed by atoms with van der Waals surface area (Å²) in [5.74, 6) is 0.233. The third-order valence-electron chi connectivity index (χ3n) is 20.4. The zero-order valence-corrected chi connectivity index (χ0v) is 71.9. The van der Waals surface area contributed by atoms with Crippen LogP contribution in [0.25, 0.3) is 0 Å². The fourth-order valence-corrected chi connectivity index (χ4v) is 14.7. The molecule has 0 aliphatic heterocycles. The number of carbonyl (C=O) groups is 4. The van der Waals surface area contributed by atoms with E-state index in [9.17, 15) is 43.2 Å². The Bertz CT molecular complexity index is 2160. The van der Waals surface area contributed by atoms with Crippen molar-refractivity contribution in [3.05, 3.63) is 24.3 Å². The highest BCUT2D eigenvalue weighted by atomic mass is 31.2. The van der Waals surface area contributed by atoms with E-state index < -0.39 is 97.5 Å². The fourth-order valence-electron chi connectivity index (χ4n) is 13.2. The second-order valence-electron chi connectivity index (χ2n) is 32.1. The average Bonchev–Trinajstić information content (AvgIpc) is 0.916. The van der Waals surface area contributed by atoms with Crippen LogP contribution in [0.1, 0.15) is 440 Å². The molecule has 0 heterocycles. The topological polar surface area (TPSA) is 237 Å². The number of hydrogen-bond donors (Lipinski definition) is 3. The van der Waals surface area contributed by atoms with Crippen LogP contribution in [0, 0.1) is 17.8 Å². The molecule has 0 bridgehead atoms. The molecule has 0 amide bonds. The minimum Gasteiger partial charge on any atom is -0.462 e.